The van der Waals surface area contributed by atoms with Crippen LogP contribution in [0.3, 0.4) is 0 Å². The van der Waals surface area contributed by atoms with Gasteiger partial charge in [-0.3, -0.25) is 0 Å². The van der Waals surface area contributed by atoms with Crippen molar-refractivity contribution in [3.63, 3.8) is 0 Å². The first-order chi connectivity index (χ1) is 13.2. The van der Waals surface area contributed by atoms with Gasteiger partial charge in [-0.1, -0.05) is 0 Å². The Kier molecular flexibility index (Phi) is 3.60. The van der Waals surface area contributed by atoms with Crippen LogP contribution < -0.4 is 24.8 Å². The monoisotopic (exact) mass is 365 g/mol. The molecule has 2 heterocycles. The maximum Gasteiger partial charge on any atom is 0.319 e. The van der Waals surface area contributed by atoms with Crippen LogP contribution in [0.5, 0.6) is 17.2 Å². The zero-order valence-electron chi connectivity index (χ0n) is 14.8. The molecule has 0 radical (unpaired) electrons. The second-order valence-electron chi connectivity index (χ2n) is 6.77. The molecule has 0 bridgehead atoms. The van der Waals surface area contributed by atoms with E-state index >= 15 is 0 Å². The lowest BCUT2D eigenvalue weighted by Gasteiger charge is -2.14. The summed E-state index contributed by atoms with van der Waals surface area (Å²) in [5, 5.41) is 7.06. The zero-order chi connectivity index (χ0) is 18.4. The second-order valence-corrected chi connectivity index (χ2v) is 6.77. The zero-order valence-corrected chi connectivity index (χ0v) is 14.8. The largest absolute Gasteiger partial charge is 0.497 e. The molecule has 27 heavy (non-hydrogen) atoms. The number of hydrogen-bond acceptors (Lipinski definition) is 4. The van der Waals surface area contributed by atoms with Gasteiger partial charge < -0.3 is 29.8 Å². The summed E-state index contributed by atoms with van der Waals surface area (Å²) < 4.78 is 15.9. The van der Waals surface area contributed by atoms with Crippen LogP contribution in [0.2, 0.25) is 0 Å². The van der Waals surface area contributed by atoms with Gasteiger partial charge in [-0.15, -0.1) is 0 Å². The number of hydrogen-bond donors (Lipinski definition) is 3. The molecule has 5 rings (SSSR count). The molecule has 1 aromatic heterocycles. The molecule has 1 unspecified atom stereocenters. The molecule has 7 nitrogen and oxygen atoms in total. The van der Waals surface area contributed by atoms with Crippen LogP contribution in [0.25, 0.3) is 10.9 Å². The van der Waals surface area contributed by atoms with E-state index in [2.05, 4.69) is 15.6 Å². The summed E-state index contributed by atoms with van der Waals surface area (Å²) in [7, 11) is 1.67. The molecule has 7 heteroatoms. The van der Waals surface area contributed by atoms with Crippen LogP contribution in [0.4, 0.5) is 10.5 Å². The topological polar surface area (TPSA) is 84.6 Å². The summed E-state index contributed by atoms with van der Waals surface area (Å²) in [6.07, 6.45) is 1.57. The van der Waals surface area contributed by atoms with Crippen molar-refractivity contribution in [3.8, 4) is 17.2 Å². The van der Waals surface area contributed by atoms with Gasteiger partial charge in [0.15, 0.2) is 11.5 Å². The molecule has 138 valence electrons. The molecular weight excluding hydrogens is 346 g/mol. The van der Waals surface area contributed by atoms with Gasteiger partial charge in [-0.05, 0) is 42.3 Å². The first kappa shape index (κ1) is 15.9. The highest BCUT2D eigenvalue weighted by Crippen LogP contribution is 2.34. The average molecular weight is 365 g/mol. The molecule has 0 saturated heterocycles. The van der Waals surface area contributed by atoms with Crippen molar-refractivity contribution in [2.45, 2.75) is 18.9 Å². The van der Waals surface area contributed by atoms with Crippen molar-refractivity contribution in [1.29, 1.82) is 0 Å². The normalized spacial score (nSPS) is 17.0. The van der Waals surface area contributed by atoms with Crippen molar-refractivity contribution in [2.75, 3.05) is 19.2 Å². The Bertz CT molecular complexity index is 1040. The standard InChI is InChI=1S/C20H19N3O4/c1-25-13-3-4-16-15(9-13)14-6-12(7-17(14)23-16)22-20(24)21-11-2-5-18-19(8-11)27-10-26-18/h2-5,8-9,12,23H,6-7,10H2,1H3,(H2,21,22,24). The molecule has 3 N–H and O–H groups in total. The van der Waals surface area contributed by atoms with Crippen molar-refractivity contribution in [3.05, 3.63) is 47.7 Å². The molecule has 1 atom stereocenters. The number of carbonyl (C=O) groups is 1. The van der Waals surface area contributed by atoms with Gasteiger partial charge in [0.25, 0.3) is 0 Å². The SMILES string of the molecule is COc1ccc2[nH]c3c(c2c1)CC(NC(=O)Nc1ccc2c(c1)OCO2)C3. The van der Waals surface area contributed by atoms with Crippen molar-refractivity contribution >= 4 is 22.6 Å². The number of urea groups is 1. The summed E-state index contributed by atoms with van der Waals surface area (Å²) in [5.74, 6) is 2.17. The van der Waals surface area contributed by atoms with Gasteiger partial charge in [0.05, 0.1) is 7.11 Å². The summed E-state index contributed by atoms with van der Waals surface area (Å²) in [6, 6.07) is 11.2. The number of methoxy groups -OCH3 is 1. The molecular formula is C20H19N3O4. The van der Waals surface area contributed by atoms with Crippen LogP contribution in [0, 0.1) is 0 Å². The predicted octanol–water partition coefficient (Wildman–Crippen LogP) is 3.19. The Morgan fingerprint density at radius 2 is 2.04 bits per heavy atom. The average Bonchev–Trinajstić information content (AvgIpc) is 3.35. The number of fused-ring (bicyclic) bond motifs is 4. The number of aromatic amines is 1. The Labute approximate surface area is 155 Å². The van der Waals surface area contributed by atoms with Gasteiger partial charge in [0, 0.05) is 40.8 Å². The minimum Gasteiger partial charge on any atom is -0.497 e. The fourth-order valence-electron chi connectivity index (χ4n) is 3.81. The summed E-state index contributed by atoms with van der Waals surface area (Å²) in [6.45, 7) is 0.212. The number of nitrogens with one attached hydrogen (secondary N) is 3. The Hall–Kier alpha value is -3.35. The van der Waals surface area contributed by atoms with Crippen LogP contribution >= 0.6 is 0 Å². The Balaban J connectivity index is 1.27. The minimum absolute atomic E-state index is 0.0517. The third kappa shape index (κ3) is 2.81. The maximum atomic E-state index is 12.4. The number of carbonyl (C=O) groups excluding carboxylic acids is 1. The third-order valence-corrected chi connectivity index (χ3v) is 5.07. The Morgan fingerprint density at radius 1 is 1.15 bits per heavy atom. The van der Waals surface area contributed by atoms with Gasteiger partial charge in [0.1, 0.15) is 5.75 Å². The lowest BCUT2D eigenvalue weighted by atomic mass is 10.1. The molecule has 2 aromatic carbocycles. The highest BCUT2D eigenvalue weighted by molar-refractivity contribution is 5.91. The van der Waals surface area contributed by atoms with Crippen LogP contribution in [0.15, 0.2) is 36.4 Å². The lowest BCUT2D eigenvalue weighted by molar-refractivity contribution is 0.174. The molecule has 0 spiro atoms. The third-order valence-electron chi connectivity index (χ3n) is 5.07. The Morgan fingerprint density at radius 3 is 2.93 bits per heavy atom. The van der Waals surface area contributed by atoms with E-state index in [4.69, 9.17) is 14.2 Å². The van der Waals surface area contributed by atoms with E-state index in [0.717, 1.165) is 29.5 Å². The smallest absolute Gasteiger partial charge is 0.319 e. The first-order valence-electron chi connectivity index (χ1n) is 8.84. The molecule has 1 aliphatic heterocycles. The van der Waals surface area contributed by atoms with E-state index in [1.807, 2.05) is 18.2 Å². The quantitative estimate of drug-likeness (QED) is 0.665. The van der Waals surface area contributed by atoms with E-state index in [9.17, 15) is 4.79 Å². The fraction of sp³-hybridized carbons (Fsp3) is 0.250. The van der Waals surface area contributed by atoms with Gasteiger partial charge >= 0.3 is 6.03 Å². The summed E-state index contributed by atoms with van der Waals surface area (Å²) >= 11 is 0. The van der Waals surface area contributed by atoms with E-state index in [-0.39, 0.29) is 18.9 Å². The number of amides is 2. The molecule has 0 fully saturated rings. The first-order valence-corrected chi connectivity index (χ1v) is 8.84. The minimum atomic E-state index is -0.231. The molecule has 0 saturated carbocycles. The summed E-state index contributed by atoms with van der Waals surface area (Å²) in [5.41, 5.74) is 4.19. The second kappa shape index (κ2) is 6.12. The van der Waals surface area contributed by atoms with E-state index in [1.54, 1.807) is 25.3 Å². The van der Waals surface area contributed by atoms with Gasteiger partial charge in [-0.25, -0.2) is 4.79 Å². The number of anilines is 1. The molecule has 2 aliphatic rings. The van der Waals surface area contributed by atoms with Crippen molar-refractivity contribution < 1.29 is 19.0 Å². The molecule has 1 aliphatic carbocycles. The highest BCUT2D eigenvalue weighted by Gasteiger charge is 2.27. The van der Waals surface area contributed by atoms with Crippen LogP contribution in [0.1, 0.15) is 11.3 Å². The number of benzene rings is 2. The molecule has 3 aromatic rings. The predicted molar refractivity (Wildman–Crippen MR) is 101 cm³/mol. The number of rotatable bonds is 3. The van der Waals surface area contributed by atoms with Gasteiger partial charge in [0.2, 0.25) is 6.79 Å². The number of ether oxygens (including phenoxy) is 3. The molecule has 2 amide bonds. The van der Waals surface area contributed by atoms with Crippen LogP contribution in [-0.2, 0) is 12.8 Å². The van der Waals surface area contributed by atoms with E-state index in [0.29, 0.717) is 17.2 Å². The summed E-state index contributed by atoms with van der Waals surface area (Å²) in [4.78, 5) is 15.8. The highest BCUT2D eigenvalue weighted by atomic mass is 16.7. The van der Waals surface area contributed by atoms with E-state index < -0.39 is 0 Å². The van der Waals surface area contributed by atoms with Crippen molar-refractivity contribution in [1.82, 2.24) is 10.3 Å². The maximum absolute atomic E-state index is 12.4. The fourth-order valence-corrected chi connectivity index (χ4v) is 3.81. The van der Waals surface area contributed by atoms with Crippen molar-refractivity contribution in [2.24, 2.45) is 0 Å². The van der Waals surface area contributed by atoms with Gasteiger partial charge in [-0.2, -0.15) is 0 Å². The number of aromatic nitrogens is 1. The lowest BCUT2D eigenvalue weighted by Crippen LogP contribution is -2.38. The van der Waals surface area contributed by atoms with E-state index in [1.165, 1.54) is 11.3 Å². The number of H-pyrrole nitrogens is 1. The van der Waals surface area contributed by atoms with Crippen LogP contribution in [-0.4, -0.2) is 31.0 Å².